The summed E-state index contributed by atoms with van der Waals surface area (Å²) in [5.41, 5.74) is 2.71. The molecular formula is C14H10ClNO2. The molecule has 0 N–H and O–H groups in total. The zero-order valence-electron chi connectivity index (χ0n) is 9.42. The summed E-state index contributed by atoms with van der Waals surface area (Å²) in [6.45, 7) is 0. The second-order valence-electron chi connectivity index (χ2n) is 3.70. The van der Waals surface area contributed by atoms with E-state index in [0.717, 1.165) is 22.9 Å². The maximum absolute atomic E-state index is 10.2. The minimum Gasteiger partial charge on any atom is -0.259 e. The third-order valence-electron chi connectivity index (χ3n) is 2.48. The first-order chi connectivity index (χ1) is 8.66. The molecule has 0 amide bonds. The highest BCUT2D eigenvalue weighted by molar-refractivity contribution is 6.33. The number of hydrogen-bond acceptors (Lipinski definition) is 2. The molecule has 0 saturated heterocycles. The molecule has 4 heteroatoms. The molecule has 0 aliphatic heterocycles. The van der Waals surface area contributed by atoms with Crippen LogP contribution in [-0.2, 0) is 0 Å². The standard InChI is InChI=1S/C14H10ClNO2/c15-14-4-2-1-3-13(14)12-7-5-11(6-8-12)9-10-16(17)18/h1-10H/b10-9+. The van der Waals surface area contributed by atoms with Crippen LogP contribution >= 0.6 is 11.6 Å². The lowest BCUT2D eigenvalue weighted by molar-refractivity contribution is -0.400. The van der Waals surface area contributed by atoms with E-state index in [-0.39, 0.29) is 0 Å². The van der Waals surface area contributed by atoms with Gasteiger partial charge < -0.3 is 0 Å². The Morgan fingerprint density at radius 2 is 1.72 bits per heavy atom. The molecule has 90 valence electrons. The molecule has 0 aliphatic rings. The van der Waals surface area contributed by atoms with Gasteiger partial charge in [-0.05, 0) is 17.2 Å². The first-order valence-corrected chi connectivity index (χ1v) is 5.71. The van der Waals surface area contributed by atoms with Crippen LogP contribution in [0.4, 0.5) is 0 Å². The van der Waals surface area contributed by atoms with Crippen LogP contribution in [0.15, 0.2) is 54.7 Å². The van der Waals surface area contributed by atoms with Gasteiger partial charge in [-0.3, -0.25) is 10.1 Å². The quantitative estimate of drug-likeness (QED) is 0.611. The van der Waals surface area contributed by atoms with Crippen LogP contribution in [-0.4, -0.2) is 4.92 Å². The first kappa shape index (κ1) is 12.3. The van der Waals surface area contributed by atoms with Gasteiger partial charge in [0.15, 0.2) is 0 Å². The van der Waals surface area contributed by atoms with Gasteiger partial charge in [-0.15, -0.1) is 0 Å². The zero-order valence-corrected chi connectivity index (χ0v) is 10.2. The highest BCUT2D eigenvalue weighted by Crippen LogP contribution is 2.27. The van der Waals surface area contributed by atoms with Crippen molar-refractivity contribution < 1.29 is 4.92 Å². The molecule has 0 radical (unpaired) electrons. The lowest BCUT2D eigenvalue weighted by atomic mass is 10.0. The Morgan fingerprint density at radius 3 is 2.33 bits per heavy atom. The predicted molar refractivity (Wildman–Crippen MR) is 72.9 cm³/mol. The van der Waals surface area contributed by atoms with E-state index >= 15 is 0 Å². The van der Waals surface area contributed by atoms with Crippen molar-refractivity contribution in [2.45, 2.75) is 0 Å². The molecule has 0 atom stereocenters. The van der Waals surface area contributed by atoms with Crippen LogP contribution in [0.5, 0.6) is 0 Å². The topological polar surface area (TPSA) is 43.1 Å². The zero-order chi connectivity index (χ0) is 13.0. The maximum atomic E-state index is 10.2. The van der Waals surface area contributed by atoms with Crippen LogP contribution in [0, 0.1) is 10.1 Å². The van der Waals surface area contributed by atoms with E-state index in [0.29, 0.717) is 5.02 Å². The highest BCUT2D eigenvalue weighted by Gasteiger charge is 2.01. The molecule has 18 heavy (non-hydrogen) atoms. The molecule has 0 heterocycles. The molecule has 2 aromatic rings. The van der Waals surface area contributed by atoms with Gasteiger partial charge in [0, 0.05) is 16.7 Å². The van der Waals surface area contributed by atoms with E-state index in [1.807, 2.05) is 48.5 Å². The summed E-state index contributed by atoms with van der Waals surface area (Å²) in [6.07, 6.45) is 2.38. The smallest absolute Gasteiger partial charge is 0.235 e. The highest BCUT2D eigenvalue weighted by atomic mass is 35.5. The summed E-state index contributed by atoms with van der Waals surface area (Å²) < 4.78 is 0. The number of rotatable bonds is 3. The maximum Gasteiger partial charge on any atom is 0.235 e. The molecule has 0 saturated carbocycles. The fourth-order valence-electron chi connectivity index (χ4n) is 1.62. The van der Waals surface area contributed by atoms with Gasteiger partial charge in [0.25, 0.3) is 0 Å². The molecule has 0 aromatic heterocycles. The number of halogens is 1. The molecule has 0 bridgehead atoms. The lowest BCUT2D eigenvalue weighted by Crippen LogP contribution is -1.83. The van der Waals surface area contributed by atoms with Crippen molar-refractivity contribution in [1.82, 2.24) is 0 Å². The summed E-state index contributed by atoms with van der Waals surface area (Å²) in [5, 5.41) is 10.9. The monoisotopic (exact) mass is 259 g/mol. The minimum absolute atomic E-state index is 0.484. The van der Waals surface area contributed by atoms with Gasteiger partial charge in [0.2, 0.25) is 6.20 Å². The van der Waals surface area contributed by atoms with Gasteiger partial charge in [-0.2, -0.15) is 0 Å². The summed E-state index contributed by atoms with van der Waals surface area (Å²) in [4.78, 5) is 9.72. The van der Waals surface area contributed by atoms with Gasteiger partial charge in [0.1, 0.15) is 0 Å². The van der Waals surface area contributed by atoms with Crippen molar-refractivity contribution in [2.75, 3.05) is 0 Å². The number of hydrogen-bond donors (Lipinski definition) is 0. The van der Waals surface area contributed by atoms with E-state index in [9.17, 15) is 10.1 Å². The molecule has 2 rings (SSSR count). The molecule has 2 aromatic carbocycles. The second kappa shape index (κ2) is 5.47. The van der Waals surface area contributed by atoms with Gasteiger partial charge in [0.05, 0.1) is 4.92 Å². The summed E-state index contributed by atoms with van der Waals surface area (Å²) in [6, 6.07) is 15.0. The van der Waals surface area contributed by atoms with Crippen LogP contribution in [0.3, 0.4) is 0 Å². The van der Waals surface area contributed by atoms with Crippen molar-refractivity contribution in [3.05, 3.63) is 75.4 Å². The molecule has 0 spiro atoms. The van der Waals surface area contributed by atoms with Crippen LogP contribution in [0.1, 0.15) is 5.56 Å². The Hall–Kier alpha value is -2.13. The average molecular weight is 260 g/mol. The Kier molecular flexibility index (Phi) is 3.75. The molecule has 0 unspecified atom stereocenters. The van der Waals surface area contributed by atoms with Crippen molar-refractivity contribution in [1.29, 1.82) is 0 Å². The molecule has 0 fully saturated rings. The van der Waals surface area contributed by atoms with Crippen molar-refractivity contribution >= 4 is 17.7 Å². The summed E-state index contributed by atoms with van der Waals surface area (Å²) in [5.74, 6) is 0. The Labute approximate surface area is 109 Å². The van der Waals surface area contributed by atoms with Crippen LogP contribution < -0.4 is 0 Å². The van der Waals surface area contributed by atoms with E-state index in [4.69, 9.17) is 11.6 Å². The van der Waals surface area contributed by atoms with E-state index in [1.54, 1.807) is 0 Å². The molecule has 3 nitrogen and oxygen atoms in total. The normalized spacial score (nSPS) is 10.7. The number of nitrogens with zero attached hydrogens (tertiary/aromatic N) is 1. The second-order valence-corrected chi connectivity index (χ2v) is 4.11. The van der Waals surface area contributed by atoms with Gasteiger partial charge in [-0.25, -0.2) is 0 Å². The molecular weight excluding hydrogens is 250 g/mol. The fourth-order valence-corrected chi connectivity index (χ4v) is 1.86. The third kappa shape index (κ3) is 2.96. The lowest BCUT2D eigenvalue weighted by Gasteiger charge is -2.04. The Morgan fingerprint density at radius 1 is 1.06 bits per heavy atom. The largest absolute Gasteiger partial charge is 0.259 e. The van der Waals surface area contributed by atoms with Gasteiger partial charge in [-0.1, -0.05) is 54.1 Å². The Balaban J connectivity index is 2.28. The van der Waals surface area contributed by atoms with Crippen LogP contribution in [0.2, 0.25) is 5.02 Å². The first-order valence-electron chi connectivity index (χ1n) is 5.33. The van der Waals surface area contributed by atoms with Crippen molar-refractivity contribution in [3.8, 4) is 11.1 Å². The number of nitro groups is 1. The summed E-state index contributed by atoms with van der Waals surface area (Å²) in [7, 11) is 0. The van der Waals surface area contributed by atoms with Crippen LogP contribution in [0.25, 0.3) is 17.2 Å². The SMILES string of the molecule is O=[N+]([O-])/C=C/c1ccc(-c2ccccc2Cl)cc1. The minimum atomic E-state index is -0.484. The van der Waals surface area contributed by atoms with E-state index in [2.05, 4.69) is 0 Å². The van der Waals surface area contributed by atoms with Crippen molar-refractivity contribution in [3.63, 3.8) is 0 Å². The summed E-state index contributed by atoms with van der Waals surface area (Å²) >= 11 is 6.10. The Bertz CT molecular complexity index is 591. The fraction of sp³-hybridized carbons (Fsp3) is 0. The predicted octanol–water partition coefficient (Wildman–Crippen LogP) is 4.25. The van der Waals surface area contributed by atoms with E-state index in [1.165, 1.54) is 6.08 Å². The third-order valence-corrected chi connectivity index (χ3v) is 2.81. The molecule has 0 aliphatic carbocycles. The average Bonchev–Trinajstić information content (AvgIpc) is 2.38. The van der Waals surface area contributed by atoms with Gasteiger partial charge >= 0.3 is 0 Å². The van der Waals surface area contributed by atoms with E-state index < -0.39 is 4.92 Å². The number of benzene rings is 2. The van der Waals surface area contributed by atoms with Crippen molar-refractivity contribution in [2.24, 2.45) is 0 Å².